The Balaban J connectivity index is 2.00. The van der Waals surface area contributed by atoms with Crippen LogP contribution in [0.5, 0.6) is 0 Å². The topological polar surface area (TPSA) is 45.6 Å². The minimum Gasteiger partial charge on any atom is -0.388 e. The van der Waals surface area contributed by atoms with E-state index in [2.05, 4.69) is 4.98 Å². The molecule has 0 spiro atoms. The zero-order valence-corrected chi connectivity index (χ0v) is 10.7. The summed E-state index contributed by atoms with van der Waals surface area (Å²) in [7, 11) is 1.92. The van der Waals surface area contributed by atoms with Crippen LogP contribution in [0.1, 0.15) is 12.8 Å². The molecule has 0 amide bonds. The molecule has 94 valence electrons. The summed E-state index contributed by atoms with van der Waals surface area (Å²) < 4.78 is 5.26. The van der Waals surface area contributed by atoms with E-state index >= 15 is 0 Å². The van der Waals surface area contributed by atoms with Gasteiger partial charge in [0.15, 0.2) is 0 Å². The Morgan fingerprint density at radius 1 is 1.47 bits per heavy atom. The van der Waals surface area contributed by atoms with Crippen LogP contribution < -0.4 is 4.90 Å². The van der Waals surface area contributed by atoms with E-state index in [9.17, 15) is 5.11 Å². The SMILES string of the molecule is CN(CC1(O)CCOCC1)c1ccc(Cl)cn1. The standard InChI is InChI=1S/C12H17ClN2O2/c1-15(11-3-2-10(13)8-14-11)9-12(16)4-6-17-7-5-12/h2-3,8,16H,4-7,9H2,1H3. The van der Waals surface area contributed by atoms with Crippen molar-refractivity contribution in [3.8, 4) is 0 Å². The van der Waals surface area contributed by atoms with Gasteiger partial charge in [0.25, 0.3) is 0 Å². The smallest absolute Gasteiger partial charge is 0.128 e. The fourth-order valence-corrected chi connectivity index (χ4v) is 2.14. The van der Waals surface area contributed by atoms with Gasteiger partial charge < -0.3 is 14.7 Å². The van der Waals surface area contributed by atoms with Crippen molar-refractivity contribution in [3.63, 3.8) is 0 Å². The van der Waals surface area contributed by atoms with Gasteiger partial charge in [-0.3, -0.25) is 0 Å². The lowest BCUT2D eigenvalue weighted by atomic mass is 9.94. The zero-order chi connectivity index (χ0) is 12.3. The molecule has 0 aliphatic carbocycles. The van der Waals surface area contributed by atoms with Gasteiger partial charge in [-0.1, -0.05) is 11.6 Å². The Bertz CT molecular complexity index is 363. The van der Waals surface area contributed by atoms with Crippen LogP contribution in [0.4, 0.5) is 5.82 Å². The van der Waals surface area contributed by atoms with Gasteiger partial charge in [0.05, 0.1) is 10.6 Å². The van der Waals surface area contributed by atoms with Gasteiger partial charge >= 0.3 is 0 Å². The number of hydrogen-bond donors (Lipinski definition) is 1. The average molecular weight is 257 g/mol. The Kier molecular flexibility index (Phi) is 3.86. The minimum absolute atomic E-state index is 0.561. The summed E-state index contributed by atoms with van der Waals surface area (Å²) in [6, 6.07) is 3.65. The molecule has 1 N–H and O–H groups in total. The van der Waals surface area contributed by atoms with E-state index in [0.717, 1.165) is 5.82 Å². The molecular formula is C12H17ClN2O2. The highest BCUT2D eigenvalue weighted by Gasteiger charge is 2.31. The summed E-state index contributed by atoms with van der Waals surface area (Å²) in [6.45, 7) is 1.81. The molecule has 0 atom stereocenters. The van der Waals surface area contributed by atoms with Crippen molar-refractivity contribution in [2.75, 3.05) is 31.7 Å². The van der Waals surface area contributed by atoms with Crippen molar-refractivity contribution in [2.45, 2.75) is 18.4 Å². The van der Waals surface area contributed by atoms with E-state index in [0.29, 0.717) is 37.6 Å². The molecule has 2 heterocycles. The number of hydrogen-bond acceptors (Lipinski definition) is 4. The maximum Gasteiger partial charge on any atom is 0.128 e. The molecule has 17 heavy (non-hydrogen) atoms. The summed E-state index contributed by atoms with van der Waals surface area (Å²) in [5.41, 5.74) is -0.672. The lowest BCUT2D eigenvalue weighted by molar-refractivity contribution is -0.0573. The molecule has 5 heteroatoms. The quantitative estimate of drug-likeness (QED) is 0.894. The second-order valence-corrected chi connectivity index (χ2v) is 4.96. The molecule has 0 bridgehead atoms. The average Bonchev–Trinajstić information content (AvgIpc) is 2.30. The van der Waals surface area contributed by atoms with Crippen LogP contribution in [0.3, 0.4) is 0 Å². The Labute approximate surface area is 106 Å². The molecule has 0 saturated carbocycles. The van der Waals surface area contributed by atoms with E-state index in [1.807, 2.05) is 18.0 Å². The molecule has 2 rings (SSSR count). The van der Waals surface area contributed by atoms with Crippen molar-refractivity contribution >= 4 is 17.4 Å². The number of ether oxygens (including phenoxy) is 1. The van der Waals surface area contributed by atoms with E-state index in [1.165, 1.54) is 0 Å². The van der Waals surface area contributed by atoms with Crippen molar-refractivity contribution < 1.29 is 9.84 Å². The van der Waals surface area contributed by atoms with Crippen LogP contribution in [0.15, 0.2) is 18.3 Å². The number of anilines is 1. The fraction of sp³-hybridized carbons (Fsp3) is 0.583. The predicted octanol–water partition coefficient (Wildman–Crippen LogP) is 1.71. The third-order valence-corrected chi connectivity index (χ3v) is 3.28. The van der Waals surface area contributed by atoms with Crippen LogP contribution in [0, 0.1) is 0 Å². The molecule has 1 aliphatic heterocycles. The van der Waals surface area contributed by atoms with E-state index in [4.69, 9.17) is 16.3 Å². The lowest BCUT2D eigenvalue weighted by Gasteiger charge is -2.35. The molecule has 1 saturated heterocycles. The summed E-state index contributed by atoms with van der Waals surface area (Å²) in [5, 5.41) is 11.0. The van der Waals surface area contributed by atoms with E-state index in [1.54, 1.807) is 12.3 Å². The van der Waals surface area contributed by atoms with Crippen LogP contribution in [-0.2, 0) is 4.74 Å². The van der Waals surface area contributed by atoms with Crippen molar-refractivity contribution in [2.24, 2.45) is 0 Å². The van der Waals surface area contributed by atoms with Gasteiger partial charge in [-0.15, -0.1) is 0 Å². The van der Waals surface area contributed by atoms with Gasteiger partial charge in [0.1, 0.15) is 5.82 Å². The third-order valence-electron chi connectivity index (χ3n) is 3.06. The lowest BCUT2D eigenvalue weighted by Crippen LogP contribution is -2.45. The minimum atomic E-state index is -0.672. The van der Waals surface area contributed by atoms with Gasteiger partial charge in [0, 0.05) is 45.8 Å². The summed E-state index contributed by atoms with van der Waals surface area (Å²) in [4.78, 5) is 6.17. The Hall–Kier alpha value is -0.840. The highest BCUT2D eigenvalue weighted by Crippen LogP contribution is 2.23. The first-order valence-corrected chi connectivity index (χ1v) is 6.10. The molecule has 0 unspecified atom stereocenters. The predicted molar refractivity (Wildman–Crippen MR) is 67.5 cm³/mol. The molecule has 1 aromatic rings. The molecular weight excluding hydrogens is 240 g/mol. The normalized spacial score (nSPS) is 19.0. The number of pyridine rings is 1. The number of aliphatic hydroxyl groups is 1. The second kappa shape index (κ2) is 5.21. The zero-order valence-electron chi connectivity index (χ0n) is 9.90. The highest BCUT2D eigenvalue weighted by atomic mass is 35.5. The van der Waals surface area contributed by atoms with Crippen LogP contribution in [-0.4, -0.2) is 42.5 Å². The first-order chi connectivity index (χ1) is 8.09. The first-order valence-electron chi connectivity index (χ1n) is 5.72. The number of halogens is 1. The molecule has 0 aromatic carbocycles. The number of rotatable bonds is 3. The third kappa shape index (κ3) is 3.31. The number of nitrogens with zero attached hydrogens (tertiary/aromatic N) is 2. The van der Waals surface area contributed by atoms with Crippen LogP contribution >= 0.6 is 11.6 Å². The van der Waals surface area contributed by atoms with Gasteiger partial charge in [-0.05, 0) is 12.1 Å². The van der Waals surface area contributed by atoms with Gasteiger partial charge in [-0.2, -0.15) is 0 Å². The second-order valence-electron chi connectivity index (χ2n) is 4.53. The first kappa shape index (κ1) is 12.6. The number of aromatic nitrogens is 1. The monoisotopic (exact) mass is 256 g/mol. The molecule has 0 radical (unpaired) electrons. The highest BCUT2D eigenvalue weighted by molar-refractivity contribution is 6.30. The van der Waals surface area contributed by atoms with Crippen LogP contribution in [0.25, 0.3) is 0 Å². The van der Waals surface area contributed by atoms with E-state index in [-0.39, 0.29) is 0 Å². The van der Waals surface area contributed by atoms with Crippen molar-refractivity contribution in [3.05, 3.63) is 23.4 Å². The van der Waals surface area contributed by atoms with Gasteiger partial charge in [0.2, 0.25) is 0 Å². The maximum atomic E-state index is 10.4. The van der Waals surface area contributed by atoms with Crippen molar-refractivity contribution in [1.82, 2.24) is 4.98 Å². The number of likely N-dealkylation sites (N-methyl/N-ethyl adjacent to an activating group) is 1. The summed E-state index contributed by atoms with van der Waals surface area (Å²) >= 11 is 5.79. The fourth-order valence-electron chi connectivity index (χ4n) is 2.03. The Morgan fingerprint density at radius 3 is 2.76 bits per heavy atom. The van der Waals surface area contributed by atoms with E-state index < -0.39 is 5.60 Å². The molecule has 1 aliphatic rings. The largest absolute Gasteiger partial charge is 0.388 e. The summed E-state index contributed by atoms with van der Waals surface area (Å²) in [5.74, 6) is 0.814. The maximum absolute atomic E-state index is 10.4. The van der Waals surface area contributed by atoms with Crippen LogP contribution in [0.2, 0.25) is 5.02 Å². The Morgan fingerprint density at radius 2 is 2.18 bits per heavy atom. The van der Waals surface area contributed by atoms with Crippen molar-refractivity contribution in [1.29, 1.82) is 0 Å². The summed E-state index contributed by atoms with van der Waals surface area (Å²) in [6.07, 6.45) is 2.96. The molecule has 1 fully saturated rings. The molecule has 1 aromatic heterocycles. The van der Waals surface area contributed by atoms with Gasteiger partial charge in [-0.25, -0.2) is 4.98 Å². The molecule has 4 nitrogen and oxygen atoms in total.